The van der Waals surface area contributed by atoms with Crippen LogP contribution in [0.25, 0.3) is 0 Å². The van der Waals surface area contributed by atoms with Gasteiger partial charge in [-0.25, -0.2) is 0 Å². The molecule has 74 valence electrons. The van der Waals surface area contributed by atoms with Crippen molar-refractivity contribution in [2.45, 2.75) is 25.7 Å². The molecular formula is C9H22N2O. The predicted octanol–water partition coefficient (Wildman–Crippen LogP) is 0.257. The zero-order valence-corrected chi connectivity index (χ0v) is 8.10. The molecular weight excluding hydrogens is 152 g/mol. The highest BCUT2D eigenvalue weighted by Gasteiger charge is 2.06. The van der Waals surface area contributed by atoms with Crippen molar-refractivity contribution in [1.82, 2.24) is 10.2 Å². The summed E-state index contributed by atoms with van der Waals surface area (Å²) in [7, 11) is 2.03. The number of likely N-dealkylation sites (tertiary alicyclic amines) is 1. The molecule has 1 saturated heterocycles. The SMILES string of the molecule is CNCCN1CCCCCC1.O. The van der Waals surface area contributed by atoms with E-state index in [-0.39, 0.29) is 5.48 Å². The normalized spacial score (nSPS) is 19.8. The zero-order chi connectivity index (χ0) is 7.94. The monoisotopic (exact) mass is 174 g/mol. The number of nitrogens with one attached hydrogen (secondary N) is 1. The molecule has 12 heavy (non-hydrogen) atoms. The van der Waals surface area contributed by atoms with Crippen molar-refractivity contribution in [3.63, 3.8) is 0 Å². The van der Waals surface area contributed by atoms with Gasteiger partial charge in [-0.15, -0.1) is 0 Å². The molecule has 3 heteroatoms. The van der Waals surface area contributed by atoms with Crippen LogP contribution in [0.3, 0.4) is 0 Å². The van der Waals surface area contributed by atoms with E-state index in [4.69, 9.17) is 0 Å². The van der Waals surface area contributed by atoms with Gasteiger partial charge in [-0.1, -0.05) is 12.8 Å². The molecule has 0 aromatic carbocycles. The molecule has 3 nitrogen and oxygen atoms in total. The summed E-state index contributed by atoms with van der Waals surface area (Å²) in [5.41, 5.74) is 0. The van der Waals surface area contributed by atoms with E-state index in [1.165, 1.54) is 45.3 Å². The van der Waals surface area contributed by atoms with Crippen LogP contribution in [0.2, 0.25) is 0 Å². The minimum atomic E-state index is 0. The summed E-state index contributed by atoms with van der Waals surface area (Å²) < 4.78 is 0. The molecule has 0 saturated carbocycles. The lowest BCUT2D eigenvalue weighted by atomic mass is 10.2. The van der Waals surface area contributed by atoms with Gasteiger partial charge >= 0.3 is 0 Å². The van der Waals surface area contributed by atoms with Crippen molar-refractivity contribution in [3.8, 4) is 0 Å². The number of hydrogen-bond donors (Lipinski definition) is 1. The Morgan fingerprint density at radius 2 is 1.67 bits per heavy atom. The van der Waals surface area contributed by atoms with Gasteiger partial charge in [0.2, 0.25) is 0 Å². The van der Waals surface area contributed by atoms with Crippen molar-refractivity contribution in [1.29, 1.82) is 0 Å². The van der Waals surface area contributed by atoms with Crippen LogP contribution in [0.1, 0.15) is 25.7 Å². The molecule has 3 N–H and O–H groups in total. The van der Waals surface area contributed by atoms with E-state index in [2.05, 4.69) is 10.2 Å². The Kier molecular flexibility index (Phi) is 7.45. The highest BCUT2D eigenvalue weighted by atomic mass is 16.0. The van der Waals surface area contributed by atoms with Gasteiger partial charge in [-0.2, -0.15) is 0 Å². The third-order valence-corrected chi connectivity index (χ3v) is 2.38. The third kappa shape index (κ3) is 4.70. The van der Waals surface area contributed by atoms with E-state index in [1.807, 2.05) is 7.05 Å². The minimum absolute atomic E-state index is 0. The minimum Gasteiger partial charge on any atom is -0.412 e. The van der Waals surface area contributed by atoms with E-state index >= 15 is 0 Å². The van der Waals surface area contributed by atoms with Gasteiger partial charge in [0.1, 0.15) is 0 Å². The fourth-order valence-corrected chi connectivity index (χ4v) is 1.63. The standard InChI is InChI=1S/C9H20N2.H2O/c1-10-6-9-11-7-4-2-3-5-8-11;/h10H,2-9H2,1H3;1H2. The molecule has 0 bridgehead atoms. The summed E-state index contributed by atoms with van der Waals surface area (Å²) in [6.07, 6.45) is 5.69. The Bertz CT molecular complexity index is 90.5. The third-order valence-electron chi connectivity index (χ3n) is 2.38. The van der Waals surface area contributed by atoms with Crippen molar-refractivity contribution in [2.24, 2.45) is 0 Å². The molecule has 0 atom stereocenters. The Balaban J connectivity index is 0.00000121. The second-order valence-electron chi connectivity index (χ2n) is 3.36. The maximum Gasteiger partial charge on any atom is 0.0107 e. The first-order valence-corrected chi connectivity index (χ1v) is 4.80. The fraction of sp³-hybridized carbons (Fsp3) is 1.00. The van der Waals surface area contributed by atoms with Crippen LogP contribution in [-0.4, -0.2) is 43.6 Å². The predicted molar refractivity (Wildman–Crippen MR) is 52.4 cm³/mol. The van der Waals surface area contributed by atoms with Crippen LogP contribution in [-0.2, 0) is 0 Å². The average Bonchev–Trinajstić information content (AvgIpc) is 2.28. The average molecular weight is 174 g/mol. The van der Waals surface area contributed by atoms with Crippen molar-refractivity contribution in [2.75, 3.05) is 33.2 Å². The van der Waals surface area contributed by atoms with Crippen molar-refractivity contribution >= 4 is 0 Å². The molecule has 1 rings (SSSR count). The molecule has 0 aromatic rings. The van der Waals surface area contributed by atoms with Gasteiger partial charge in [0, 0.05) is 13.1 Å². The molecule has 0 unspecified atom stereocenters. The van der Waals surface area contributed by atoms with E-state index in [0.717, 1.165) is 6.54 Å². The maximum absolute atomic E-state index is 3.19. The lowest BCUT2D eigenvalue weighted by Crippen LogP contribution is -2.31. The summed E-state index contributed by atoms with van der Waals surface area (Å²) in [5, 5.41) is 3.19. The summed E-state index contributed by atoms with van der Waals surface area (Å²) in [4.78, 5) is 2.57. The van der Waals surface area contributed by atoms with Gasteiger partial charge < -0.3 is 15.7 Å². The van der Waals surface area contributed by atoms with E-state index in [1.54, 1.807) is 0 Å². The van der Waals surface area contributed by atoms with Crippen LogP contribution in [0.5, 0.6) is 0 Å². The summed E-state index contributed by atoms with van der Waals surface area (Å²) in [5.74, 6) is 0. The maximum atomic E-state index is 3.19. The quantitative estimate of drug-likeness (QED) is 0.667. The molecule has 1 aliphatic heterocycles. The summed E-state index contributed by atoms with van der Waals surface area (Å²) in [6, 6.07) is 0. The molecule has 0 radical (unpaired) electrons. The van der Waals surface area contributed by atoms with Crippen LogP contribution in [0.15, 0.2) is 0 Å². The number of likely N-dealkylation sites (N-methyl/N-ethyl adjacent to an activating group) is 1. The van der Waals surface area contributed by atoms with Gasteiger partial charge in [0.15, 0.2) is 0 Å². The van der Waals surface area contributed by atoms with Gasteiger partial charge in [-0.05, 0) is 33.0 Å². The van der Waals surface area contributed by atoms with Crippen LogP contribution in [0.4, 0.5) is 0 Å². The summed E-state index contributed by atoms with van der Waals surface area (Å²) >= 11 is 0. The smallest absolute Gasteiger partial charge is 0.0107 e. The van der Waals surface area contributed by atoms with Gasteiger partial charge in [0.05, 0.1) is 0 Å². The first-order chi connectivity index (χ1) is 5.43. The highest BCUT2D eigenvalue weighted by Crippen LogP contribution is 2.08. The molecule has 0 amide bonds. The van der Waals surface area contributed by atoms with Crippen molar-refractivity contribution in [3.05, 3.63) is 0 Å². The lowest BCUT2D eigenvalue weighted by Gasteiger charge is -2.18. The second kappa shape index (κ2) is 7.53. The first-order valence-electron chi connectivity index (χ1n) is 4.80. The lowest BCUT2D eigenvalue weighted by molar-refractivity contribution is 0.287. The summed E-state index contributed by atoms with van der Waals surface area (Å²) in [6.45, 7) is 5.01. The molecule has 1 heterocycles. The van der Waals surface area contributed by atoms with Crippen molar-refractivity contribution < 1.29 is 5.48 Å². The number of nitrogens with zero attached hydrogens (tertiary/aromatic N) is 1. The fourth-order valence-electron chi connectivity index (χ4n) is 1.63. The van der Waals surface area contributed by atoms with E-state index in [0.29, 0.717) is 0 Å². The zero-order valence-electron chi connectivity index (χ0n) is 8.10. The Morgan fingerprint density at radius 3 is 2.17 bits per heavy atom. The molecule has 1 aliphatic rings. The van der Waals surface area contributed by atoms with Crippen LogP contribution < -0.4 is 5.32 Å². The number of hydrogen-bond acceptors (Lipinski definition) is 2. The van der Waals surface area contributed by atoms with Gasteiger partial charge in [-0.3, -0.25) is 0 Å². The number of rotatable bonds is 3. The topological polar surface area (TPSA) is 46.8 Å². The van der Waals surface area contributed by atoms with Crippen LogP contribution >= 0.6 is 0 Å². The Hall–Kier alpha value is -0.120. The molecule has 0 aliphatic carbocycles. The van der Waals surface area contributed by atoms with E-state index < -0.39 is 0 Å². The van der Waals surface area contributed by atoms with Crippen LogP contribution in [0, 0.1) is 0 Å². The van der Waals surface area contributed by atoms with E-state index in [9.17, 15) is 0 Å². The molecule has 0 spiro atoms. The molecule has 1 fully saturated rings. The Morgan fingerprint density at radius 1 is 1.08 bits per heavy atom. The largest absolute Gasteiger partial charge is 0.412 e. The second-order valence-corrected chi connectivity index (χ2v) is 3.36. The molecule has 0 aromatic heterocycles. The highest BCUT2D eigenvalue weighted by molar-refractivity contribution is 4.63. The Labute approximate surface area is 75.4 Å². The van der Waals surface area contributed by atoms with Gasteiger partial charge in [0.25, 0.3) is 0 Å². The first kappa shape index (κ1) is 11.9.